The lowest BCUT2D eigenvalue weighted by Crippen LogP contribution is -2.27. The quantitative estimate of drug-likeness (QED) is 0.341. The van der Waals surface area contributed by atoms with Crippen molar-refractivity contribution in [2.45, 2.75) is 0 Å². The maximum absolute atomic E-state index is 15.4. The molecule has 3 nitrogen and oxygen atoms in total. The number of phenols is 1. The molecule has 0 heterocycles. The maximum atomic E-state index is 15.4. The van der Waals surface area contributed by atoms with Crippen LogP contribution in [-0.4, -0.2) is 12.2 Å². The van der Waals surface area contributed by atoms with E-state index < -0.39 is 7.14 Å². The van der Waals surface area contributed by atoms with Gasteiger partial charge >= 0.3 is 0 Å². The Hall–Kier alpha value is -3.81. The highest BCUT2D eigenvalue weighted by molar-refractivity contribution is 7.86. The average molecular weight is 450 g/mol. The standard InChI is InChI=1S/C29H23O3P/c1-32-22-17-18-25-27(19-22)29(26(20-28(25)30)21-11-5-2-6-12-21)33(31,23-13-7-3-8-14-23)24-15-9-4-10-16-24/h2-20,30H,1H3. The lowest BCUT2D eigenvalue weighted by atomic mass is 10.00. The molecule has 0 aliphatic rings. The minimum atomic E-state index is -3.34. The molecule has 0 aliphatic heterocycles. The van der Waals surface area contributed by atoms with E-state index in [1.54, 1.807) is 13.2 Å². The average Bonchev–Trinajstić information content (AvgIpc) is 2.89. The van der Waals surface area contributed by atoms with Gasteiger partial charge in [0, 0.05) is 26.7 Å². The molecule has 0 spiro atoms. The molecule has 5 aromatic carbocycles. The van der Waals surface area contributed by atoms with Crippen LogP contribution >= 0.6 is 7.14 Å². The van der Waals surface area contributed by atoms with E-state index in [9.17, 15) is 5.11 Å². The summed E-state index contributed by atoms with van der Waals surface area (Å²) in [5, 5.41) is 14.5. The van der Waals surface area contributed by atoms with Crippen LogP contribution in [0.1, 0.15) is 0 Å². The molecular weight excluding hydrogens is 427 g/mol. The molecule has 0 fully saturated rings. The first-order chi connectivity index (χ1) is 16.1. The summed E-state index contributed by atoms with van der Waals surface area (Å²) in [6, 6.07) is 36.2. The second-order valence-electron chi connectivity index (χ2n) is 7.85. The van der Waals surface area contributed by atoms with E-state index in [1.165, 1.54) is 0 Å². The van der Waals surface area contributed by atoms with Gasteiger partial charge in [-0.05, 0) is 35.4 Å². The zero-order chi connectivity index (χ0) is 22.8. The number of ether oxygens (including phenoxy) is 1. The van der Waals surface area contributed by atoms with Gasteiger partial charge in [-0.1, -0.05) is 91.0 Å². The molecular formula is C29H23O3P. The van der Waals surface area contributed by atoms with Gasteiger partial charge < -0.3 is 14.4 Å². The Bertz CT molecular complexity index is 1420. The van der Waals surface area contributed by atoms with Crippen LogP contribution < -0.4 is 20.7 Å². The summed E-state index contributed by atoms with van der Waals surface area (Å²) in [6.45, 7) is 0. The molecule has 5 rings (SSSR count). The third kappa shape index (κ3) is 3.61. The minimum Gasteiger partial charge on any atom is -0.507 e. The number of benzene rings is 5. The molecule has 0 aliphatic carbocycles. The van der Waals surface area contributed by atoms with E-state index in [0.717, 1.165) is 21.7 Å². The van der Waals surface area contributed by atoms with E-state index in [-0.39, 0.29) is 5.75 Å². The van der Waals surface area contributed by atoms with Crippen LogP contribution in [0.15, 0.2) is 115 Å². The molecule has 0 unspecified atom stereocenters. The number of rotatable bonds is 5. The highest BCUT2D eigenvalue weighted by Gasteiger charge is 2.34. The van der Waals surface area contributed by atoms with Crippen molar-refractivity contribution in [3.8, 4) is 22.6 Å². The molecule has 0 aromatic heterocycles. The number of phenolic OH excluding ortho intramolecular Hbond substituents is 1. The van der Waals surface area contributed by atoms with E-state index >= 15 is 4.57 Å². The molecule has 5 aromatic rings. The van der Waals surface area contributed by atoms with E-state index in [1.807, 2.05) is 109 Å². The predicted octanol–water partition coefficient (Wildman–Crippen LogP) is 5.86. The van der Waals surface area contributed by atoms with Crippen LogP contribution in [0.3, 0.4) is 0 Å². The van der Waals surface area contributed by atoms with Gasteiger partial charge in [0.15, 0.2) is 7.14 Å². The largest absolute Gasteiger partial charge is 0.507 e. The SMILES string of the molecule is COc1ccc2c(O)cc(-c3ccccc3)c(P(=O)(c3ccccc3)c3ccccc3)c2c1. The third-order valence-corrected chi connectivity index (χ3v) is 9.10. The van der Waals surface area contributed by atoms with Crippen molar-refractivity contribution < 1.29 is 14.4 Å². The van der Waals surface area contributed by atoms with Gasteiger partial charge in [0.1, 0.15) is 11.5 Å². The van der Waals surface area contributed by atoms with Crippen molar-refractivity contribution in [2.24, 2.45) is 0 Å². The van der Waals surface area contributed by atoms with Crippen LogP contribution in [0.5, 0.6) is 11.5 Å². The number of fused-ring (bicyclic) bond motifs is 1. The smallest absolute Gasteiger partial charge is 0.172 e. The highest BCUT2D eigenvalue weighted by atomic mass is 31.2. The second kappa shape index (κ2) is 8.61. The first-order valence-corrected chi connectivity index (χ1v) is 12.4. The Morgan fingerprint density at radius 3 is 1.76 bits per heavy atom. The first kappa shape index (κ1) is 21.1. The van der Waals surface area contributed by atoms with Crippen LogP contribution in [0, 0.1) is 0 Å². The van der Waals surface area contributed by atoms with Crippen molar-refractivity contribution in [1.29, 1.82) is 0 Å². The predicted molar refractivity (Wildman–Crippen MR) is 137 cm³/mol. The monoisotopic (exact) mass is 450 g/mol. The number of hydrogen-bond donors (Lipinski definition) is 1. The zero-order valence-corrected chi connectivity index (χ0v) is 19.1. The fraction of sp³-hybridized carbons (Fsp3) is 0.0345. The molecule has 1 N–H and O–H groups in total. The molecule has 0 amide bonds. The van der Waals surface area contributed by atoms with Crippen LogP contribution in [-0.2, 0) is 4.57 Å². The number of hydrogen-bond acceptors (Lipinski definition) is 3. The number of aromatic hydroxyl groups is 1. The Morgan fingerprint density at radius 2 is 1.21 bits per heavy atom. The highest BCUT2D eigenvalue weighted by Crippen LogP contribution is 2.49. The molecule has 0 bridgehead atoms. The maximum Gasteiger partial charge on any atom is 0.172 e. The fourth-order valence-electron chi connectivity index (χ4n) is 4.36. The normalized spacial score (nSPS) is 11.4. The van der Waals surface area contributed by atoms with Crippen molar-refractivity contribution in [3.05, 3.63) is 115 Å². The fourth-order valence-corrected chi connectivity index (χ4v) is 7.41. The van der Waals surface area contributed by atoms with Crippen LogP contribution in [0.25, 0.3) is 21.9 Å². The third-order valence-electron chi connectivity index (χ3n) is 5.93. The Kier molecular flexibility index (Phi) is 5.50. The van der Waals surface area contributed by atoms with Gasteiger partial charge in [-0.15, -0.1) is 0 Å². The molecule has 0 saturated carbocycles. The van der Waals surface area contributed by atoms with Gasteiger partial charge in [-0.3, -0.25) is 0 Å². The van der Waals surface area contributed by atoms with Gasteiger partial charge in [-0.2, -0.15) is 0 Å². The van der Waals surface area contributed by atoms with Crippen molar-refractivity contribution in [3.63, 3.8) is 0 Å². The van der Waals surface area contributed by atoms with Crippen molar-refractivity contribution in [1.82, 2.24) is 0 Å². The lowest BCUT2D eigenvalue weighted by molar-refractivity contribution is 0.415. The van der Waals surface area contributed by atoms with E-state index in [2.05, 4.69) is 0 Å². The second-order valence-corrected chi connectivity index (χ2v) is 10.5. The Labute approximate surface area is 193 Å². The van der Waals surface area contributed by atoms with Gasteiger partial charge in [0.25, 0.3) is 0 Å². The molecule has 162 valence electrons. The summed E-state index contributed by atoms with van der Waals surface area (Å²) in [5.41, 5.74) is 1.63. The van der Waals surface area contributed by atoms with Crippen molar-refractivity contribution in [2.75, 3.05) is 7.11 Å². The lowest BCUT2D eigenvalue weighted by Gasteiger charge is -2.25. The molecule has 0 saturated heterocycles. The summed E-state index contributed by atoms with van der Waals surface area (Å²) in [4.78, 5) is 0. The molecule has 0 atom stereocenters. The van der Waals surface area contributed by atoms with Gasteiger partial charge in [-0.25, -0.2) is 0 Å². The summed E-state index contributed by atoms with van der Waals surface area (Å²) in [6.07, 6.45) is 0. The Balaban J connectivity index is 2.00. The van der Waals surface area contributed by atoms with Crippen LogP contribution in [0.2, 0.25) is 0 Å². The first-order valence-electron chi connectivity index (χ1n) is 10.7. The van der Waals surface area contributed by atoms with Crippen LogP contribution in [0.4, 0.5) is 0 Å². The topological polar surface area (TPSA) is 46.5 Å². The molecule has 0 radical (unpaired) electrons. The van der Waals surface area contributed by atoms with E-state index in [4.69, 9.17) is 4.74 Å². The van der Waals surface area contributed by atoms with Gasteiger partial charge in [0.2, 0.25) is 0 Å². The minimum absolute atomic E-state index is 0.142. The Morgan fingerprint density at radius 1 is 0.667 bits per heavy atom. The van der Waals surface area contributed by atoms with Gasteiger partial charge in [0.05, 0.1) is 7.11 Å². The molecule has 33 heavy (non-hydrogen) atoms. The zero-order valence-electron chi connectivity index (χ0n) is 18.2. The number of methoxy groups -OCH3 is 1. The summed E-state index contributed by atoms with van der Waals surface area (Å²) < 4.78 is 20.9. The summed E-state index contributed by atoms with van der Waals surface area (Å²) in [5.74, 6) is 0.781. The summed E-state index contributed by atoms with van der Waals surface area (Å²) in [7, 11) is -1.73. The summed E-state index contributed by atoms with van der Waals surface area (Å²) >= 11 is 0. The molecule has 4 heteroatoms. The van der Waals surface area contributed by atoms with E-state index in [0.29, 0.717) is 21.8 Å². The van der Waals surface area contributed by atoms with Crippen molar-refractivity contribution >= 4 is 33.8 Å².